The number of carbonyl (C=O) groups excluding carboxylic acids is 1. The average molecular weight is 570 g/mol. The number of H-pyrrole nitrogens is 1. The fraction of sp³-hybridized carbons (Fsp3) is 0.259. The molecule has 3 N–H and O–H groups in total. The van der Waals surface area contributed by atoms with Gasteiger partial charge in [-0.25, -0.2) is 27.1 Å². The number of ether oxygens (including phenoxy) is 1. The Labute approximate surface area is 229 Å². The minimum absolute atomic E-state index is 0.122. The Bertz CT molecular complexity index is 1700. The molecule has 0 aliphatic carbocycles. The van der Waals surface area contributed by atoms with Crippen molar-refractivity contribution in [3.63, 3.8) is 0 Å². The van der Waals surface area contributed by atoms with Crippen LogP contribution < -0.4 is 15.0 Å². The maximum atomic E-state index is 14.0. The summed E-state index contributed by atoms with van der Waals surface area (Å²) in [6.45, 7) is -0.235. The Balaban J connectivity index is 1.20. The maximum absolute atomic E-state index is 14.0. The van der Waals surface area contributed by atoms with Gasteiger partial charge in [-0.3, -0.25) is 9.89 Å². The first-order chi connectivity index (χ1) is 19.8. The Morgan fingerprint density at radius 2 is 2.00 bits per heavy atom. The van der Waals surface area contributed by atoms with E-state index in [0.717, 1.165) is 17.5 Å². The number of alkyl halides is 2. The molecule has 5 aromatic rings. The van der Waals surface area contributed by atoms with Crippen molar-refractivity contribution in [2.24, 2.45) is 0 Å². The molecular formula is C27H23F4N7O3. The summed E-state index contributed by atoms with van der Waals surface area (Å²) in [4.78, 5) is 18.8. The highest BCUT2D eigenvalue weighted by Crippen LogP contribution is 2.33. The first-order valence-electron chi connectivity index (χ1n) is 12.7. The van der Waals surface area contributed by atoms with Crippen molar-refractivity contribution in [2.75, 3.05) is 24.6 Å². The Hall–Kier alpha value is -4.72. The number of aromatic nitrogens is 5. The summed E-state index contributed by atoms with van der Waals surface area (Å²) in [6, 6.07) is 7.64. The van der Waals surface area contributed by atoms with Crippen LogP contribution >= 0.6 is 0 Å². The third-order valence-electron chi connectivity index (χ3n) is 6.95. The number of nitrogens with zero attached hydrogens (tertiary/aromatic N) is 5. The molecule has 1 fully saturated rings. The quantitative estimate of drug-likeness (QED) is 0.257. The number of benzene rings is 1. The molecule has 212 valence electrons. The summed E-state index contributed by atoms with van der Waals surface area (Å²) in [5, 5.41) is 25.2. The van der Waals surface area contributed by atoms with Crippen molar-refractivity contribution in [1.29, 1.82) is 0 Å². The SMILES string of the molecule is O=C(N[C@H]1CCN(c2ccc(-c3cc(OCC(F)F)cn4nc5[nH]ncc5c34)cn2)CC1O)c1c(F)cccc1F. The molecule has 14 heteroatoms. The highest BCUT2D eigenvalue weighted by Gasteiger charge is 2.31. The van der Waals surface area contributed by atoms with E-state index >= 15 is 0 Å². The van der Waals surface area contributed by atoms with Crippen LogP contribution in [0.1, 0.15) is 16.8 Å². The number of β-amino-alcohol motifs (C(OH)–C–C–N with tert-alkyl or cyclic N) is 1. The van der Waals surface area contributed by atoms with Gasteiger partial charge in [0.15, 0.2) is 5.65 Å². The summed E-state index contributed by atoms with van der Waals surface area (Å²) in [5.41, 5.74) is 1.82. The lowest BCUT2D eigenvalue weighted by atomic mass is 10.0. The lowest BCUT2D eigenvalue weighted by Gasteiger charge is -2.37. The van der Waals surface area contributed by atoms with Gasteiger partial charge < -0.3 is 20.1 Å². The zero-order chi connectivity index (χ0) is 28.7. The lowest BCUT2D eigenvalue weighted by Crippen LogP contribution is -2.54. The predicted molar refractivity (Wildman–Crippen MR) is 140 cm³/mol. The van der Waals surface area contributed by atoms with Crippen LogP contribution in [0, 0.1) is 11.6 Å². The van der Waals surface area contributed by atoms with E-state index < -0.39 is 48.3 Å². The average Bonchev–Trinajstić information content (AvgIpc) is 3.54. The van der Waals surface area contributed by atoms with E-state index in [1.54, 1.807) is 30.6 Å². The van der Waals surface area contributed by atoms with Gasteiger partial charge >= 0.3 is 0 Å². The summed E-state index contributed by atoms with van der Waals surface area (Å²) in [6.07, 6.45) is 1.40. The molecule has 6 rings (SSSR count). The lowest BCUT2D eigenvalue weighted by molar-refractivity contribution is 0.0790. The van der Waals surface area contributed by atoms with Gasteiger partial charge in [-0.05, 0) is 36.8 Å². The van der Waals surface area contributed by atoms with Crippen molar-refractivity contribution < 1.29 is 32.2 Å². The summed E-state index contributed by atoms with van der Waals surface area (Å²) >= 11 is 0. The second kappa shape index (κ2) is 10.7. The standard InChI is InChI=1S/C27H23F4N7O3/c28-18-2-1-3-19(29)24(18)27(40)34-20-6-7-37(12-21(20)39)23-5-4-14(9-32-23)16-8-15(41-13-22(30)31)11-38-25(16)17-10-33-35-26(17)36-38/h1-5,8-11,20-22,39H,6-7,12-13H2,(H,34,40)(H,35,36)/t20-,21?/m0/s1. The molecule has 1 saturated heterocycles. The van der Waals surface area contributed by atoms with Crippen molar-refractivity contribution in [3.05, 3.63) is 72.2 Å². The van der Waals surface area contributed by atoms with Gasteiger partial charge in [-0.15, -0.1) is 5.10 Å². The van der Waals surface area contributed by atoms with E-state index in [0.29, 0.717) is 41.1 Å². The minimum atomic E-state index is -2.64. The molecule has 10 nitrogen and oxygen atoms in total. The van der Waals surface area contributed by atoms with E-state index in [-0.39, 0.29) is 12.3 Å². The number of aliphatic hydroxyl groups excluding tert-OH is 1. The molecule has 0 spiro atoms. The van der Waals surface area contributed by atoms with Crippen LogP contribution in [0.15, 0.2) is 55.0 Å². The second-order valence-corrected chi connectivity index (χ2v) is 9.60. The number of carbonyl (C=O) groups is 1. The Morgan fingerprint density at radius 3 is 2.71 bits per heavy atom. The molecule has 5 heterocycles. The molecule has 1 aromatic carbocycles. The van der Waals surface area contributed by atoms with Crippen molar-refractivity contribution in [1.82, 2.24) is 30.1 Å². The zero-order valence-electron chi connectivity index (χ0n) is 21.3. The van der Waals surface area contributed by atoms with Gasteiger partial charge in [0.1, 0.15) is 35.4 Å². The van der Waals surface area contributed by atoms with Gasteiger partial charge in [0, 0.05) is 30.4 Å². The fourth-order valence-corrected chi connectivity index (χ4v) is 4.99. The van der Waals surface area contributed by atoms with E-state index in [1.165, 1.54) is 16.8 Å². The van der Waals surface area contributed by atoms with Crippen LogP contribution in [-0.4, -0.2) is 74.1 Å². The van der Waals surface area contributed by atoms with Crippen LogP contribution in [-0.2, 0) is 0 Å². The second-order valence-electron chi connectivity index (χ2n) is 9.60. The highest BCUT2D eigenvalue weighted by atomic mass is 19.3. The molecule has 0 radical (unpaired) electrons. The smallest absolute Gasteiger partial charge is 0.272 e. The predicted octanol–water partition coefficient (Wildman–Crippen LogP) is 3.56. The number of anilines is 1. The van der Waals surface area contributed by atoms with Gasteiger partial charge in [0.25, 0.3) is 12.3 Å². The van der Waals surface area contributed by atoms with Crippen molar-refractivity contribution in [2.45, 2.75) is 25.0 Å². The number of aromatic amines is 1. The van der Waals surface area contributed by atoms with Crippen LogP contribution in [0.2, 0.25) is 0 Å². The van der Waals surface area contributed by atoms with Gasteiger partial charge in [-0.2, -0.15) is 5.10 Å². The number of nitrogens with one attached hydrogen (secondary N) is 2. The molecule has 41 heavy (non-hydrogen) atoms. The van der Waals surface area contributed by atoms with E-state index in [4.69, 9.17) is 4.74 Å². The first kappa shape index (κ1) is 26.5. The van der Waals surface area contributed by atoms with Gasteiger partial charge in [-0.1, -0.05) is 6.07 Å². The number of piperidine rings is 1. The largest absolute Gasteiger partial charge is 0.486 e. The molecule has 2 atom stereocenters. The molecule has 1 aliphatic heterocycles. The van der Waals surface area contributed by atoms with Crippen LogP contribution in [0.5, 0.6) is 5.75 Å². The van der Waals surface area contributed by atoms with Gasteiger partial charge in [0.2, 0.25) is 0 Å². The zero-order valence-corrected chi connectivity index (χ0v) is 21.3. The molecule has 0 bridgehead atoms. The van der Waals surface area contributed by atoms with Crippen LogP contribution in [0.3, 0.4) is 0 Å². The third kappa shape index (κ3) is 5.13. The molecule has 1 aliphatic rings. The normalized spacial score (nSPS) is 17.5. The van der Waals surface area contributed by atoms with Crippen molar-refractivity contribution >= 4 is 28.3 Å². The number of amides is 1. The number of hydrogen-bond acceptors (Lipinski definition) is 7. The number of fused-ring (bicyclic) bond motifs is 3. The van der Waals surface area contributed by atoms with Crippen molar-refractivity contribution in [3.8, 4) is 16.9 Å². The number of aliphatic hydroxyl groups is 1. The van der Waals surface area contributed by atoms with Crippen LogP contribution in [0.25, 0.3) is 27.7 Å². The van der Waals surface area contributed by atoms with Gasteiger partial charge in [0.05, 0.1) is 35.4 Å². The van der Waals surface area contributed by atoms with E-state index in [1.807, 2.05) is 4.90 Å². The first-order valence-corrected chi connectivity index (χ1v) is 12.7. The molecule has 0 saturated carbocycles. The maximum Gasteiger partial charge on any atom is 0.272 e. The molecule has 1 amide bonds. The fourth-order valence-electron chi connectivity index (χ4n) is 4.99. The number of rotatable bonds is 7. The number of halogens is 4. The third-order valence-corrected chi connectivity index (χ3v) is 6.95. The summed E-state index contributed by atoms with van der Waals surface area (Å²) < 4.78 is 60.3. The Morgan fingerprint density at radius 1 is 1.20 bits per heavy atom. The minimum Gasteiger partial charge on any atom is -0.486 e. The summed E-state index contributed by atoms with van der Waals surface area (Å²) in [5.74, 6) is -2.13. The molecular weight excluding hydrogens is 546 g/mol. The highest BCUT2D eigenvalue weighted by molar-refractivity contribution is 6.01. The van der Waals surface area contributed by atoms with E-state index in [2.05, 4.69) is 25.6 Å². The van der Waals surface area contributed by atoms with Crippen LogP contribution in [0.4, 0.5) is 23.4 Å². The number of hydrogen-bond donors (Lipinski definition) is 3. The monoisotopic (exact) mass is 569 g/mol. The van der Waals surface area contributed by atoms with E-state index in [9.17, 15) is 27.5 Å². The molecule has 1 unspecified atom stereocenters. The summed E-state index contributed by atoms with van der Waals surface area (Å²) in [7, 11) is 0. The Kier molecular flexibility index (Phi) is 6.91. The number of pyridine rings is 2. The molecule has 4 aromatic heterocycles. The topological polar surface area (TPSA) is 121 Å².